The van der Waals surface area contributed by atoms with Crippen LogP contribution in [0.2, 0.25) is 0 Å². The Morgan fingerprint density at radius 2 is 1.76 bits per heavy atom. The Kier molecular flexibility index (Phi) is 8.19. The van der Waals surface area contributed by atoms with Gasteiger partial charge < -0.3 is 30.6 Å². The lowest BCUT2D eigenvalue weighted by molar-refractivity contribution is -0.153. The van der Waals surface area contributed by atoms with Crippen molar-refractivity contribution in [1.29, 1.82) is 0 Å². The van der Waals surface area contributed by atoms with Crippen LogP contribution in [-0.2, 0) is 20.8 Å². The first kappa shape index (κ1) is 32.0. The van der Waals surface area contributed by atoms with Gasteiger partial charge in [0.1, 0.15) is 28.7 Å². The summed E-state index contributed by atoms with van der Waals surface area (Å²) in [5.74, 6) is -7.88. The second kappa shape index (κ2) is 11.5. The monoisotopic (exact) mass is 621 g/mol. The van der Waals surface area contributed by atoms with Gasteiger partial charge >= 0.3 is 0 Å². The molecule has 0 bridgehead atoms. The number of benzene rings is 2. The van der Waals surface area contributed by atoms with Gasteiger partial charge in [0.2, 0.25) is 5.78 Å². The number of amides is 1. The number of nitrogens with zero attached hydrogens (tertiary/aromatic N) is 2. The van der Waals surface area contributed by atoms with Gasteiger partial charge in [-0.1, -0.05) is 12.1 Å². The van der Waals surface area contributed by atoms with Gasteiger partial charge in [-0.05, 0) is 88.8 Å². The van der Waals surface area contributed by atoms with Gasteiger partial charge in [-0.15, -0.1) is 0 Å². The van der Waals surface area contributed by atoms with Crippen LogP contribution in [0.3, 0.4) is 0 Å². The van der Waals surface area contributed by atoms with E-state index in [0.717, 1.165) is 13.0 Å². The summed E-state index contributed by atoms with van der Waals surface area (Å²) < 4.78 is 14.8. The minimum atomic E-state index is -2.67. The largest absolute Gasteiger partial charge is 0.508 e. The quantitative estimate of drug-likeness (QED) is 0.289. The number of aromatic hydroxyl groups is 1. The van der Waals surface area contributed by atoms with E-state index in [0.29, 0.717) is 29.8 Å². The molecule has 1 fully saturated rings. The van der Waals surface area contributed by atoms with Crippen molar-refractivity contribution in [2.75, 3.05) is 41.3 Å². The van der Waals surface area contributed by atoms with Crippen molar-refractivity contribution < 1.29 is 44.0 Å². The number of aliphatic hydroxyl groups is 3. The van der Waals surface area contributed by atoms with E-state index in [-0.39, 0.29) is 35.3 Å². The van der Waals surface area contributed by atoms with Crippen molar-refractivity contribution in [3.05, 3.63) is 69.7 Å². The number of Topliss-reactive ketones (excluding diaryl/α,β-unsaturated/α-hetero) is 3. The van der Waals surface area contributed by atoms with Gasteiger partial charge in [0.25, 0.3) is 5.91 Å². The molecule has 0 heterocycles. The summed E-state index contributed by atoms with van der Waals surface area (Å²) in [6.07, 6.45) is 0.0276. The summed E-state index contributed by atoms with van der Waals surface area (Å²) in [5, 5.41) is 47.9. The molecule has 1 saturated carbocycles. The molecular formula is C33H36FN3O8. The first-order valence-corrected chi connectivity index (χ1v) is 14.5. The van der Waals surface area contributed by atoms with Crippen LogP contribution >= 0.6 is 0 Å². The molecular weight excluding hydrogens is 585 g/mol. The topological polar surface area (TPSA) is 168 Å². The molecule has 12 heteroatoms. The lowest BCUT2D eigenvalue weighted by Gasteiger charge is -2.50. The second-order valence-corrected chi connectivity index (χ2v) is 12.4. The number of ketones is 3. The third-order valence-electron chi connectivity index (χ3n) is 9.08. The van der Waals surface area contributed by atoms with Crippen molar-refractivity contribution in [1.82, 2.24) is 15.1 Å². The summed E-state index contributed by atoms with van der Waals surface area (Å²) in [6.45, 7) is 1.90. The van der Waals surface area contributed by atoms with Gasteiger partial charge in [0.05, 0.1) is 17.2 Å². The zero-order valence-electron chi connectivity index (χ0n) is 25.6. The fourth-order valence-corrected chi connectivity index (χ4v) is 6.97. The van der Waals surface area contributed by atoms with Crippen molar-refractivity contribution in [2.45, 2.75) is 31.4 Å². The molecule has 2 aromatic carbocycles. The highest BCUT2D eigenvalue weighted by Gasteiger charge is 2.64. The molecule has 238 valence electrons. The van der Waals surface area contributed by atoms with E-state index in [4.69, 9.17) is 0 Å². The molecule has 2 aromatic rings. The Balaban J connectivity index is 1.64. The molecule has 0 radical (unpaired) electrons. The van der Waals surface area contributed by atoms with Crippen LogP contribution in [0.15, 0.2) is 47.2 Å². The highest BCUT2D eigenvalue weighted by Crippen LogP contribution is 2.53. The molecule has 0 aliphatic heterocycles. The number of nitrogens with one attached hydrogen (secondary N) is 1. The molecule has 3 aliphatic carbocycles. The predicted molar refractivity (Wildman–Crippen MR) is 162 cm³/mol. The number of hydrogen-bond acceptors (Lipinski definition) is 10. The van der Waals surface area contributed by atoms with E-state index < -0.39 is 69.6 Å². The molecule has 0 aromatic heterocycles. The zero-order chi connectivity index (χ0) is 33.1. The minimum absolute atomic E-state index is 0.0387. The fraction of sp³-hybridized carbons (Fsp3) is 0.394. The lowest BCUT2D eigenvalue weighted by atomic mass is 9.57. The van der Waals surface area contributed by atoms with Crippen LogP contribution in [-0.4, -0.2) is 106 Å². The Morgan fingerprint density at radius 1 is 1.07 bits per heavy atom. The number of phenolic OH excluding ortho intramolecular Hbond substituents is 1. The highest BCUT2D eigenvalue weighted by atomic mass is 19.1. The fourth-order valence-electron chi connectivity index (χ4n) is 6.97. The Labute approximate surface area is 259 Å². The van der Waals surface area contributed by atoms with E-state index >= 15 is 0 Å². The molecule has 4 atom stereocenters. The molecule has 45 heavy (non-hydrogen) atoms. The number of rotatable bonds is 7. The summed E-state index contributed by atoms with van der Waals surface area (Å²) in [5.41, 5.74) is -2.55. The Morgan fingerprint density at radius 3 is 2.38 bits per heavy atom. The summed E-state index contributed by atoms with van der Waals surface area (Å²) >= 11 is 0. The average Bonchev–Trinajstić information content (AvgIpc) is 2.95. The van der Waals surface area contributed by atoms with Gasteiger partial charge in [-0.3, -0.25) is 24.1 Å². The molecule has 11 nitrogen and oxygen atoms in total. The Bertz CT molecular complexity index is 1710. The molecule has 5 N–H and O–H groups in total. The van der Waals surface area contributed by atoms with Gasteiger partial charge in [0, 0.05) is 24.6 Å². The number of halogens is 1. The number of likely N-dealkylation sites (N-methyl/N-ethyl adjacent to an activating group) is 2. The van der Waals surface area contributed by atoms with E-state index in [2.05, 4.69) is 5.32 Å². The van der Waals surface area contributed by atoms with Crippen LogP contribution in [0.4, 0.5) is 4.39 Å². The molecule has 3 aliphatic rings. The van der Waals surface area contributed by atoms with E-state index in [9.17, 15) is 44.0 Å². The highest BCUT2D eigenvalue weighted by molar-refractivity contribution is 6.25. The number of carbonyl (C=O) groups is 4. The zero-order valence-corrected chi connectivity index (χ0v) is 25.6. The summed E-state index contributed by atoms with van der Waals surface area (Å²) in [7, 11) is 6.80. The maximum absolute atomic E-state index is 14.8. The third kappa shape index (κ3) is 5.02. The van der Waals surface area contributed by atoms with Crippen LogP contribution in [0.25, 0.3) is 16.9 Å². The SMILES string of the molecule is CC(=O)C1=C(O)[C@@]2(O)C(=O)C3=C(O)c4c(O)ccc(-c5ccc(F)c(C(=O)NCCN(C)C)c5)c4C[C@H]3C[C@H]2[C@H](N(C)C)C1=O. The van der Waals surface area contributed by atoms with Crippen LogP contribution in [0.1, 0.15) is 34.8 Å². The average molecular weight is 622 g/mol. The normalized spacial score (nSPS) is 24.5. The number of fused-ring (bicyclic) bond motifs is 3. The first-order valence-electron chi connectivity index (χ1n) is 14.5. The predicted octanol–water partition coefficient (Wildman–Crippen LogP) is 2.17. The standard InChI is InChI=1S/C33H36FN3O8/c1-15(38)24-29(41)27(37(4)5)21-14-17-13-19-18(16-6-8-22(34)20(12-16)32(44)35-10-11-36(2)3)7-9-23(39)26(19)28(40)25(17)31(43)33(21,45)30(24)42/h6-9,12,17,21,27,39-40,42,45H,10-11,13-14H2,1-5H3,(H,35,44)/t17-,21-,27-,33+/m0/s1. The smallest absolute Gasteiger partial charge is 0.254 e. The number of hydrogen-bond donors (Lipinski definition) is 5. The van der Waals surface area contributed by atoms with Gasteiger partial charge in [-0.2, -0.15) is 0 Å². The molecule has 5 rings (SSSR count). The van der Waals surface area contributed by atoms with Crippen LogP contribution < -0.4 is 5.32 Å². The van der Waals surface area contributed by atoms with E-state index in [1.54, 1.807) is 20.2 Å². The third-order valence-corrected chi connectivity index (χ3v) is 9.08. The molecule has 0 unspecified atom stereocenters. The van der Waals surface area contributed by atoms with Gasteiger partial charge in [0.15, 0.2) is 17.2 Å². The van der Waals surface area contributed by atoms with Crippen molar-refractivity contribution in [2.24, 2.45) is 11.8 Å². The van der Waals surface area contributed by atoms with Crippen LogP contribution in [0.5, 0.6) is 5.75 Å². The number of aliphatic hydroxyl groups excluding tert-OH is 2. The van der Waals surface area contributed by atoms with E-state index in [1.165, 1.54) is 23.1 Å². The Hall–Kier alpha value is -4.39. The molecule has 0 spiro atoms. The summed E-state index contributed by atoms with van der Waals surface area (Å²) in [4.78, 5) is 56.0. The maximum atomic E-state index is 14.8. The van der Waals surface area contributed by atoms with Crippen molar-refractivity contribution in [3.63, 3.8) is 0 Å². The summed E-state index contributed by atoms with van der Waals surface area (Å²) in [6, 6.07) is 5.72. The first-order chi connectivity index (χ1) is 21.1. The maximum Gasteiger partial charge on any atom is 0.254 e. The second-order valence-electron chi connectivity index (χ2n) is 12.4. The molecule has 1 amide bonds. The minimum Gasteiger partial charge on any atom is -0.508 e. The number of carbonyl (C=O) groups excluding carboxylic acids is 4. The lowest BCUT2D eigenvalue weighted by Crippen LogP contribution is -2.65. The molecule has 0 saturated heterocycles. The van der Waals surface area contributed by atoms with E-state index in [1.807, 2.05) is 19.0 Å². The van der Waals surface area contributed by atoms with Crippen molar-refractivity contribution in [3.8, 4) is 16.9 Å². The van der Waals surface area contributed by atoms with Gasteiger partial charge in [-0.25, -0.2) is 4.39 Å². The van der Waals surface area contributed by atoms with Crippen LogP contribution in [0, 0.1) is 17.7 Å². The van der Waals surface area contributed by atoms with Crippen molar-refractivity contribution >= 4 is 29.0 Å². The number of phenols is 1.